The summed E-state index contributed by atoms with van der Waals surface area (Å²) in [5, 5.41) is 10.9. The number of methoxy groups -OCH3 is 1. The molecule has 2 rings (SSSR count). The third-order valence-corrected chi connectivity index (χ3v) is 3.20. The second kappa shape index (κ2) is 7.96. The van der Waals surface area contributed by atoms with E-state index < -0.39 is 10.9 Å². The summed E-state index contributed by atoms with van der Waals surface area (Å²) in [7, 11) is 1.30. The Kier molecular flexibility index (Phi) is 5.73. The van der Waals surface area contributed by atoms with Crippen molar-refractivity contribution in [3.63, 3.8) is 0 Å². The topological polar surface area (TPSA) is 87.9 Å². The number of nitro benzene ring substituents is 1. The van der Waals surface area contributed by atoms with E-state index in [0.717, 1.165) is 5.56 Å². The zero-order valence-electron chi connectivity index (χ0n) is 13.4. The number of benzene rings is 2. The molecule has 0 aliphatic carbocycles. The molecule has 0 aliphatic rings. The number of carbonyl (C=O) groups excluding carboxylic acids is 1. The molecule has 2 aromatic rings. The Morgan fingerprint density at radius 1 is 1.08 bits per heavy atom. The SMILES string of the molecule is COC(=O)c1cc(C)ccc1OCCOc1ccccc1[N+](=O)[O-]. The highest BCUT2D eigenvalue weighted by molar-refractivity contribution is 5.92. The Bertz CT molecular complexity index is 744. The lowest BCUT2D eigenvalue weighted by molar-refractivity contribution is -0.385. The summed E-state index contributed by atoms with van der Waals surface area (Å²) in [5.41, 5.74) is 1.12. The van der Waals surface area contributed by atoms with Gasteiger partial charge in [-0.3, -0.25) is 10.1 Å². The maximum Gasteiger partial charge on any atom is 0.341 e. The second-order valence-corrected chi connectivity index (χ2v) is 4.91. The van der Waals surface area contributed by atoms with Gasteiger partial charge in [-0.2, -0.15) is 0 Å². The minimum absolute atomic E-state index is 0.0966. The predicted molar refractivity (Wildman–Crippen MR) is 86.6 cm³/mol. The van der Waals surface area contributed by atoms with Crippen LogP contribution in [0.4, 0.5) is 5.69 Å². The molecular weight excluding hydrogens is 314 g/mol. The van der Waals surface area contributed by atoms with Crippen molar-refractivity contribution < 1.29 is 23.9 Å². The summed E-state index contributed by atoms with van der Waals surface area (Å²) in [6.45, 7) is 2.08. The van der Waals surface area contributed by atoms with Gasteiger partial charge in [0.15, 0.2) is 5.75 Å². The van der Waals surface area contributed by atoms with Crippen molar-refractivity contribution >= 4 is 11.7 Å². The highest BCUT2D eigenvalue weighted by Crippen LogP contribution is 2.26. The Balaban J connectivity index is 1.98. The molecule has 0 aliphatic heterocycles. The molecule has 0 unspecified atom stereocenters. The molecule has 0 radical (unpaired) electrons. The Morgan fingerprint density at radius 2 is 1.75 bits per heavy atom. The van der Waals surface area contributed by atoms with Crippen LogP contribution in [0.5, 0.6) is 11.5 Å². The van der Waals surface area contributed by atoms with E-state index in [1.165, 1.54) is 19.2 Å². The van der Waals surface area contributed by atoms with Crippen LogP contribution in [-0.4, -0.2) is 31.2 Å². The lowest BCUT2D eigenvalue weighted by atomic mass is 10.1. The summed E-state index contributed by atoms with van der Waals surface area (Å²) in [6, 6.07) is 11.3. The molecule has 7 heteroatoms. The lowest BCUT2D eigenvalue weighted by Crippen LogP contribution is -2.12. The number of rotatable bonds is 7. The molecule has 0 atom stereocenters. The van der Waals surface area contributed by atoms with Crippen molar-refractivity contribution in [2.45, 2.75) is 6.92 Å². The first-order valence-electron chi connectivity index (χ1n) is 7.21. The van der Waals surface area contributed by atoms with Gasteiger partial charge >= 0.3 is 11.7 Å². The van der Waals surface area contributed by atoms with Crippen LogP contribution in [0.3, 0.4) is 0 Å². The third-order valence-electron chi connectivity index (χ3n) is 3.20. The number of hydrogen-bond acceptors (Lipinski definition) is 6. The van der Waals surface area contributed by atoms with Crippen molar-refractivity contribution in [1.29, 1.82) is 0 Å². The summed E-state index contributed by atoms with van der Waals surface area (Å²) >= 11 is 0. The van der Waals surface area contributed by atoms with E-state index in [0.29, 0.717) is 11.3 Å². The zero-order valence-corrected chi connectivity index (χ0v) is 13.4. The van der Waals surface area contributed by atoms with E-state index in [1.54, 1.807) is 24.3 Å². The highest BCUT2D eigenvalue weighted by atomic mass is 16.6. The molecule has 24 heavy (non-hydrogen) atoms. The molecule has 0 N–H and O–H groups in total. The van der Waals surface area contributed by atoms with E-state index in [2.05, 4.69) is 0 Å². The fraction of sp³-hybridized carbons (Fsp3) is 0.235. The number of ether oxygens (including phenoxy) is 3. The van der Waals surface area contributed by atoms with Crippen LogP contribution >= 0.6 is 0 Å². The normalized spacial score (nSPS) is 10.1. The van der Waals surface area contributed by atoms with E-state index in [1.807, 2.05) is 13.0 Å². The summed E-state index contributed by atoms with van der Waals surface area (Å²) in [4.78, 5) is 22.1. The largest absolute Gasteiger partial charge is 0.489 e. The van der Waals surface area contributed by atoms with Crippen LogP contribution in [0.1, 0.15) is 15.9 Å². The molecular formula is C17H17NO6. The summed E-state index contributed by atoms with van der Waals surface area (Å²) < 4.78 is 15.7. The van der Waals surface area contributed by atoms with Crippen LogP contribution in [0.15, 0.2) is 42.5 Å². The van der Waals surface area contributed by atoms with Gasteiger partial charge in [-0.1, -0.05) is 23.8 Å². The van der Waals surface area contributed by atoms with Crippen molar-refractivity contribution in [3.8, 4) is 11.5 Å². The minimum atomic E-state index is -0.508. The monoisotopic (exact) mass is 331 g/mol. The van der Waals surface area contributed by atoms with Crippen LogP contribution in [0.2, 0.25) is 0 Å². The number of esters is 1. The fourth-order valence-electron chi connectivity index (χ4n) is 2.07. The molecule has 0 saturated heterocycles. The maximum absolute atomic E-state index is 11.8. The van der Waals surface area contributed by atoms with E-state index in [-0.39, 0.29) is 24.7 Å². The van der Waals surface area contributed by atoms with Gasteiger partial charge in [0.2, 0.25) is 0 Å². The van der Waals surface area contributed by atoms with Gasteiger partial charge in [0.1, 0.15) is 24.5 Å². The lowest BCUT2D eigenvalue weighted by Gasteiger charge is -2.12. The molecule has 126 valence electrons. The molecule has 2 aromatic carbocycles. The molecule has 0 saturated carbocycles. The molecule has 0 fully saturated rings. The molecule has 0 amide bonds. The smallest absolute Gasteiger partial charge is 0.341 e. The van der Waals surface area contributed by atoms with Crippen LogP contribution in [0.25, 0.3) is 0 Å². The number of nitro groups is 1. The summed E-state index contributed by atoms with van der Waals surface area (Å²) in [6.07, 6.45) is 0. The zero-order chi connectivity index (χ0) is 17.5. The van der Waals surface area contributed by atoms with Gasteiger partial charge in [-0.05, 0) is 25.1 Å². The van der Waals surface area contributed by atoms with Crippen molar-refractivity contribution in [3.05, 3.63) is 63.7 Å². The Labute approximate surface area is 138 Å². The van der Waals surface area contributed by atoms with Gasteiger partial charge in [0.25, 0.3) is 0 Å². The van der Waals surface area contributed by atoms with Crippen molar-refractivity contribution in [2.24, 2.45) is 0 Å². The minimum Gasteiger partial charge on any atom is -0.489 e. The standard InChI is InChI=1S/C17H17NO6/c1-12-7-8-15(13(11-12)17(19)22-2)23-9-10-24-16-6-4-3-5-14(16)18(20)21/h3-8,11H,9-10H2,1-2H3. The quantitative estimate of drug-likeness (QED) is 0.335. The summed E-state index contributed by atoms with van der Waals surface area (Å²) in [5.74, 6) is 0.0510. The van der Waals surface area contributed by atoms with Gasteiger partial charge in [-0.15, -0.1) is 0 Å². The van der Waals surface area contributed by atoms with Crippen LogP contribution in [-0.2, 0) is 4.74 Å². The van der Waals surface area contributed by atoms with Gasteiger partial charge in [0, 0.05) is 6.07 Å². The maximum atomic E-state index is 11.8. The highest BCUT2D eigenvalue weighted by Gasteiger charge is 2.15. The van der Waals surface area contributed by atoms with E-state index in [4.69, 9.17) is 14.2 Å². The molecule has 0 bridgehead atoms. The second-order valence-electron chi connectivity index (χ2n) is 4.91. The average Bonchev–Trinajstić information content (AvgIpc) is 2.59. The average molecular weight is 331 g/mol. The first-order valence-corrected chi connectivity index (χ1v) is 7.21. The number of para-hydroxylation sites is 2. The van der Waals surface area contributed by atoms with Gasteiger partial charge in [0.05, 0.1) is 12.0 Å². The molecule has 0 spiro atoms. The fourth-order valence-corrected chi connectivity index (χ4v) is 2.07. The van der Waals surface area contributed by atoms with Crippen LogP contribution < -0.4 is 9.47 Å². The van der Waals surface area contributed by atoms with Crippen LogP contribution in [0, 0.1) is 17.0 Å². The molecule has 0 aromatic heterocycles. The van der Waals surface area contributed by atoms with Crippen molar-refractivity contribution in [1.82, 2.24) is 0 Å². The van der Waals surface area contributed by atoms with E-state index >= 15 is 0 Å². The first-order chi connectivity index (χ1) is 11.5. The first kappa shape index (κ1) is 17.3. The molecule has 7 nitrogen and oxygen atoms in total. The Morgan fingerprint density at radius 3 is 2.42 bits per heavy atom. The number of aryl methyl sites for hydroxylation is 1. The van der Waals surface area contributed by atoms with Crippen molar-refractivity contribution in [2.75, 3.05) is 20.3 Å². The third kappa shape index (κ3) is 4.22. The van der Waals surface area contributed by atoms with Gasteiger partial charge in [-0.25, -0.2) is 4.79 Å². The molecule has 0 heterocycles. The predicted octanol–water partition coefficient (Wildman–Crippen LogP) is 3.15. The number of nitrogens with zero attached hydrogens (tertiary/aromatic N) is 1. The number of carbonyl (C=O) groups is 1. The van der Waals surface area contributed by atoms with Gasteiger partial charge < -0.3 is 14.2 Å². The Hall–Kier alpha value is -3.09. The number of hydrogen-bond donors (Lipinski definition) is 0. The van der Waals surface area contributed by atoms with E-state index in [9.17, 15) is 14.9 Å².